The summed E-state index contributed by atoms with van der Waals surface area (Å²) in [5, 5.41) is 8.03. The maximum Gasteiger partial charge on any atom is 0.275 e. The van der Waals surface area contributed by atoms with Gasteiger partial charge in [0.2, 0.25) is 0 Å². The van der Waals surface area contributed by atoms with Crippen LogP contribution in [0.2, 0.25) is 0 Å². The number of hydrogen-bond acceptors (Lipinski definition) is 3. The maximum absolute atomic E-state index is 12.7. The number of carbonyl (C=O) groups excluding carboxylic acids is 1. The number of para-hydroxylation sites is 1. The monoisotopic (exact) mass is 272 g/mol. The normalized spacial score (nSPS) is 19.4. The molecule has 0 spiro atoms. The van der Waals surface area contributed by atoms with Gasteiger partial charge in [-0.25, -0.2) is 0 Å². The van der Waals surface area contributed by atoms with Crippen molar-refractivity contribution in [3.05, 3.63) is 30.0 Å². The Morgan fingerprint density at radius 3 is 2.80 bits per heavy atom. The molecule has 106 valence electrons. The molecule has 5 heteroatoms. The molecule has 0 atom stereocenters. The highest BCUT2D eigenvalue weighted by molar-refractivity contribution is 6.04. The van der Waals surface area contributed by atoms with E-state index >= 15 is 0 Å². The fourth-order valence-electron chi connectivity index (χ4n) is 2.69. The number of nitrogens with zero attached hydrogens (tertiary/aromatic N) is 3. The zero-order chi connectivity index (χ0) is 14.3. The standard InChI is InChI=1S/C15H20N4O/c1-15(2)10-19(9-8-18(15)3)14(20)13-11-6-4-5-7-12(11)16-17-13/h4-7H,8-10H2,1-3H3,(H,16,17). The molecule has 0 aliphatic carbocycles. The lowest BCUT2D eigenvalue weighted by Gasteiger charge is -2.45. The van der Waals surface area contributed by atoms with E-state index in [1.165, 1.54) is 0 Å². The summed E-state index contributed by atoms with van der Waals surface area (Å²) in [7, 11) is 2.10. The number of piperazine rings is 1. The van der Waals surface area contributed by atoms with Crippen LogP contribution < -0.4 is 0 Å². The third-order valence-electron chi connectivity index (χ3n) is 4.28. The quantitative estimate of drug-likeness (QED) is 0.860. The van der Waals surface area contributed by atoms with E-state index in [0.29, 0.717) is 5.69 Å². The third-order valence-corrected chi connectivity index (χ3v) is 4.28. The highest BCUT2D eigenvalue weighted by Crippen LogP contribution is 2.22. The number of likely N-dealkylation sites (N-methyl/N-ethyl adjacent to an activating group) is 1. The second-order valence-corrected chi connectivity index (χ2v) is 6.08. The van der Waals surface area contributed by atoms with E-state index in [1.807, 2.05) is 29.2 Å². The SMILES string of the molecule is CN1CCN(C(=O)c2n[nH]c3ccccc23)CC1(C)C. The highest BCUT2D eigenvalue weighted by Gasteiger charge is 2.34. The molecule has 0 saturated carbocycles. The Labute approximate surface area is 118 Å². The van der Waals surface area contributed by atoms with Crippen molar-refractivity contribution >= 4 is 16.8 Å². The number of carbonyl (C=O) groups is 1. The Balaban J connectivity index is 1.90. The highest BCUT2D eigenvalue weighted by atomic mass is 16.2. The Hall–Kier alpha value is -1.88. The molecule has 1 amide bonds. The largest absolute Gasteiger partial charge is 0.334 e. The predicted octanol–water partition coefficient (Wildman–Crippen LogP) is 1.73. The summed E-state index contributed by atoms with van der Waals surface area (Å²) in [6.07, 6.45) is 0. The number of benzene rings is 1. The average molecular weight is 272 g/mol. The number of H-pyrrole nitrogens is 1. The van der Waals surface area contributed by atoms with Gasteiger partial charge in [-0.1, -0.05) is 18.2 Å². The Kier molecular flexibility index (Phi) is 3.01. The molecule has 1 saturated heterocycles. The van der Waals surface area contributed by atoms with Gasteiger partial charge in [-0.15, -0.1) is 0 Å². The van der Waals surface area contributed by atoms with Gasteiger partial charge in [0.25, 0.3) is 5.91 Å². The van der Waals surface area contributed by atoms with Crippen LogP contribution in [0.1, 0.15) is 24.3 Å². The van der Waals surface area contributed by atoms with E-state index in [-0.39, 0.29) is 11.4 Å². The summed E-state index contributed by atoms with van der Waals surface area (Å²) in [4.78, 5) is 16.9. The maximum atomic E-state index is 12.7. The third kappa shape index (κ3) is 2.08. The van der Waals surface area contributed by atoms with Gasteiger partial charge in [0.05, 0.1) is 5.52 Å². The predicted molar refractivity (Wildman–Crippen MR) is 78.7 cm³/mol. The van der Waals surface area contributed by atoms with Crippen LogP contribution in [0.3, 0.4) is 0 Å². The Morgan fingerprint density at radius 1 is 1.30 bits per heavy atom. The van der Waals surface area contributed by atoms with Crippen molar-refractivity contribution < 1.29 is 4.79 Å². The first-order valence-corrected chi connectivity index (χ1v) is 6.93. The lowest BCUT2D eigenvalue weighted by Crippen LogP contribution is -2.58. The number of aromatic amines is 1. The topological polar surface area (TPSA) is 52.2 Å². The lowest BCUT2D eigenvalue weighted by molar-refractivity contribution is 0.0308. The van der Waals surface area contributed by atoms with Crippen molar-refractivity contribution in [1.29, 1.82) is 0 Å². The van der Waals surface area contributed by atoms with E-state index in [9.17, 15) is 4.79 Å². The molecule has 1 aliphatic heterocycles. The van der Waals surface area contributed by atoms with Gasteiger partial charge in [-0.2, -0.15) is 5.10 Å². The van der Waals surface area contributed by atoms with Gasteiger partial charge in [0.15, 0.2) is 5.69 Å². The molecule has 0 bridgehead atoms. The Bertz CT molecular complexity index is 646. The van der Waals surface area contributed by atoms with Crippen molar-refractivity contribution in [1.82, 2.24) is 20.0 Å². The van der Waals surface area contributed by atoms with Crippen LogP contribution in [0.5, 0.6) is 0 Å². The van der Waals surface area contributed by atoms with Gasteiger partial charge in [-0.05, 0) is 27.0 Å². The number of fused-ring (bicyclic) bond motifs is 1. The number of amides is 1. The minimum absolute atomic E-state index is 0.0000205. The Morgan fingerprint density at radius 2 is 2.05 bits per heavy atom. The molecule has 20 heavy (non-hydrogen) atoms. The number of rotatable bonds is 1. The van der Waals surface area contributed by atoms with Gasteiger partial charge in [0.1, 0.15) is 0 Å². The van der Waals surface area contributed by atoms with E-state index in [2.05, 4.69) is 36.0 Å². The van der Waals surface area contributed by atoms with Crippen molar-refractivity contribution in [3.63, 3.8) is 0 Å². The van der Waals surface area contributed by atoms with Crippen molar-refractivity contribution in [2.45, 2.75) is 19.4 Å². The molecule has 1 fully saturated rings. The summed E-state index contributed by atoms with van der Waals surface area (Å²) < 4.78 is 0. The van der Waals surface area contributed by atoms with Crippen LogP contribution >= 0.6 is 0 Å². The average Bonchev–Trinajstić information content (AvgIpc) is 2.85. The number of hydrogen-bond donors (Lipinski definition) is 1. The van der Waals surface area contributed by atoms with Crippen LogP contribution in [0, 0.1) is 0 Å². The van der Waals surface area contributed by atoms with Crippen molar-refractivity contribution in [2.24, 2.45) is 0 Å². The van der Waals surface area contributed by atoms with Crippen molar-refractivity contribution in [3.8, 4) is 0 Å². The molecule has 2 heterocycles. The first-order valence-electron chi connectivity index (χ1n) is 6.93. The fourth-order valence-corrected chi connectivity index (χ4v) is 2.69. The molecule has 0 unspecified atom stereocenters. The van der Waals surface area contributed by atoms with E-state index < -0.39 is 0 Å². The molecular formula is C15H20N4O. The summed E-state index contributed by atoms with van der Waals surface area (Å²) in [5.74, 6) is 0.0172. The molecule has 1 N–H and O–H groups in total. The summed E-state index contributed by atoms with van der Waals surface area (Å²) in [5.41, 5.74) is 1.44. The zero-order valence-electron chi connectivity index (χ0n) is 12.2. The minimum Gasteiger partial charge on any atom is -0.334 e. The van der Waals surface area contributed by atoms with Gasteiger partial charge < -0.3 is 4.90 Å². The first kappa shape index (κ1) is 13.1. The molecule has 0 radical (unpaired) electrons. The van der Waals surface area contributed by atoms with Crippen molar-refractivity contribution in [2.75, 3.05) is 26.7 Å². The summed E-state index contributed by atoms with van der Waals surface area (Å²) in [6.45, 7) is 6.69. The van der Waals surface area contributed by atoms with Crippen LogP contribution in [-0.2, 0) is 0 Å². The molecule has 2 aromatic rings. The second-order valence-electron chi connectivity index (χ2n) is 6.08. The van der Waals surface area contributed by atoms with Gasteiger partial charge in [0, 0.05) is 30.6 Å². The van der Waals surface area contributed by atoms with Crippen LogP contribution in [0.25, 0.3) is 10.9 Å². The summed E-state index contributed by atoms with van der Waals surface area (Å²) in [6, 6.07) is 7.75. The zero-order valence-corrected chi connectivity index (χ0v) is 12.2. The van der Waals surface area contributed by atoms with E-state index in [0.717, 1.165) is 30.5 Å². The lowest BCUT2D eigenvalue weighted by atomic mass is 9.99. The minimum atomic E-state index is 0.0000205. The number of nitrogens with one attached hydrogen (secondary N) is 1. The van der Waals surface area contributed by atoms with E-state index in [4.69, 9.17) is 0 Å². The second kappa shape index (κ2) is 4.59. The number of aromatic nitrogens is 2. The smallest absolute Gasteiger partial charge is 0.275 e. The first-order chi connectivity index (χ1) is 9.49. The van der Waals surface area contributed by atoms with Crippen LogP contribution in [0.4, 0.5) is 0 Å². The molecule has 1 aliphatic rings. The van der Waals surface area contributed by atoms with Crippen LogP contribution in [0.15, 0.2) is 24.3 Å². The molecule has 5 nitrogen and oxygen atoms in total. The fraction of sp³-hybridized carbons (Fsp3) is 0.467. The molecule has 1 aromatic carbocycles. The van der Waals surface area contributed by atoms with Crippen LogP contribution in [-0.4, -0.2) is 58.1 Å². The molecule has 1 aromatic heterocycles. The van der Waals surface area contributed by atoms with E-state index in [1.54, 1.807) is 0 Å². The summed E-state index contributed by atoms with van der Waals surface area (Å²) >= 11 is 0. The molecular weight excluding hydrogens is 252 g/mol. The van der Waals surface area contributed by atoms with Gasteiger partial charge in [-0.3, -0.25) is 14.8 Å². The van der Waals surface area contributed by atoms with Gasteiger partial charge >= 0.3 is 0 Å². The molecule has 3 rings (SSSR count).